The van der Waals surface area contributed by atoms with Crippen LogP contribution in [0.15, 0.2) is 64.6 Å². The number of nitro benzene ring substituents is 1. The largest absolute Gasteiger partial charge is 0.326 e. The smallest absolute Gasteiger partial charge is 0.269 e. The minimum absolute atomic E-state index is 0.00466. The van der Waals surface area contributed by atoms with Gasteiger partial charge in [-0.25, -0.2) is 9.97 Å². The molecule has 0 atom stereocenters. The Hall–Kier alpha value is -3.26. The molecule has 0 aliphatic rings. The van der Waals surface area contributed by atoms with Crippen LogP contribution < -0.4 is 5.32 Å². The van der Waals surface area contributed by atoms with Crippen LogP contribution in [-0.4, -0.2) is 20.8 Å². The second-order valence-electron chi connectivity index (χ2n) is 6.21. The van der Waals surface area contributed by atoms with Gasteiger partial charge in [0.2, 0.25) is 5.91 Å². The average molecular weight is 394 g/mol. The molecule has 0 unspecified atom stereocenters. The van der Waals surface area contributed by atoms with Crippen molar-refractivity contribution in [2.75, 3.05) is 5.32 Å². The fourth-order valence-electron chi connectivity index (χ4n) is 2.58. The van der Waals surface area contributed by atoms with E-state index < -0.39 is 4.92 Å². The second-order valence-corrected chi connectivity index (χ2v) is 7.25. The number of carbonyl (C=O) groups is 1. The lowest BCUT2D eigenvalue weighted by molar-refractivity contribution is -0.384. The lowest BCUT2D eigenvalue weighted by atomic mass is 10.1. The molecule has 0 saturated carbocycles. The summed E-state index contributed by atoms with van der Waals surface area (Å²) in [5, 5.41) is 14.2. The third-order valence-corrected chi connectivity index (χ3v) is 4.69. The van der Waals surface area contributed by atoms with E-state index in [2.05, 4.69) is 15.3 Å². The van der Waals surface area contributed by atoms with Gasteiger partial charge in [0, 0.05) is 34.1 Å². The molecule has 7 nitrogen and oxygen atoms in total. The number of amides is 1. The van der Waals surface area contributed by atoms with Crippen LogP contribution in [0.4, 0.5) is 11.4 Å². The van der Waals surface area contributed by atoms with Crippen LogP contribution in [0.25, 0.3) is 0 Å². The SMILES string of the molecule is Cc1cc(C)nc(Sc2ccc(NC(=O)Cc3ccc([N+](=O)[O-])cc3)cc2)n1. The van der Waals surface area contributed by atoms with Crippen LogP contribution in [0.1, 0.15) is 17.0 Å². The maximum Gasteiger partial charge on any atom is 0.269 e. The molecule has 3 rings (SSSR count). The standard InChI is InChI=1S/C20H18N4O3S/c1-13-11-14(2)22-20(21-13)28-18-9-5-16(6-10-18)23-19(25)12-15-3-7-17(8-4-15)24(26)27/h3-11H,12H2,1-2H3,(H,23,25). The van der Waals surface area contributed by atoms with Crippen LogP contribution in [0.5, 0.6) is 0 Å². The lowest BCUT2D eigenvalue weighted by Crippen LogP contribution is -2.14. The Bertz CT molecular complexity index is 985. The van der Waals surface area contributed by atoms with Crippen LogP contribution >= 0.6 is 11.8 Å². The molecule has 1 heterocycles. The van der Waals surface area contributed by atoms with E-state index in [1.54, 1.807) is 12.1 Å². The summed E-state index contributed by atoms with van der Waals surface area (Å²) in [6.07, 6.45) is 0.144. The molecule has 0 spiro atoms. The first-order valence-corrected chi connectivity index (χ1v) is 9.34. The topological polar surface area (TPSA) is 98.0 Å². The predicted molar refractivity (Wildman–Crippen MR) is 108 cm³/mol. The number of aryl methyl sites for hydroxylation is 2. The van der Waals surface area contributed by atoms with E-state index >= 15 is 0 Å². The summed E-state index contributed by atoms with van der Waals surface area (Å²) in [7, 11) is 0. The van der Waals surface area contributed by atoms with Gasteiger partial charge in [0.05, 0.1) is 11.3 Å². The van der Waals surface area contributed by atoms with Crippen LogP contribution in [0, 0.1) is 24.0 Å². The average Bonchev–Trinajstić information content (AvgIpc) is 2.63. The van der Waals surface area contributed by atoms with Crippen molar-refractivity contribution in [2.24, 2.45) is 0 Å². The lowest BCUT2D eigenvalue weighted by Gasteiger charge is -2.07. The zero-order chi connectivity index (χ0) is 20.1. The van der Waals surface area contributed by atoms with E-state index in [0.29, 0.717) is 16.4 Å². The highest BCUT2D eigenvalue weighted by Crippen LogP contribution is 2.26. The van der Waals surface area contributed by atoms with Crippen molar-refractivity contribution in [3.8, 4) is 0 Å². The zero-order valence-corrected chi connectivity index (χ0v) is 16.2. The van der Waals surface area contributed by atoms with Crippen molar-refractivity contribution in [3.63, 3.8) is 0 Å². The van der Waals surface area contributed by atoms with Gasteiger partial charge < -0.3 is 5.32 Å². The number of hydrogen-bond donors (Lipinski definition) is 1. The maximum absolute atomic E-state index is 12.2. The number of nitrogens with one attached hydrogen (secondary N) is 1. The van der Waals surface area contributed by atoms with Gasteiger partial charge in [0.1, 0.15) is 0 Å². The van der Waals surface area contributed by atoms with E-state index in [4.69, 9.17) is 0 Å². The molecular weight excluding hydrogens is 376 g/mol. The number of benzene rings is 2. The number of aromatic nitrogens is 2. The fraction of sp³-hybridized carbons (Fsp3) is 0.150. The monoisotopic (exact) mass is 394 g/mol. The molecular formula is C20H18N4O3S. The normalized spacial score (nSPS) is 10.5. The van der Waals surface area contributed by atoms with Crippen LogP contribution in [-0.2, 0) is 11.2 Å². The molecule has 0 radical (unpaired) electrons. The molecule has 1 amide bonds. The van der Waals surface area contributed by atoms with Crippen LogP contribution in [0.3, 0.4) is 0 Å². The Morgan fingerprint density at radius 3 is 2.21 bits per heavy atom. The summed E-state index contributed by atoms with van der Waals surface area (Å²) < 4.78 is 0. The summed E-state index contributed by atoms with van der Waals surface area (Å²) in [6.45, 7) is 3.87. The molecule has 1 N–H and O–H groups in total. The zero-order valence-electron chi connectivity index (χ0n) is 15.4. The van der Waals surface area contributed by atoms with E-state index in [9.17, 15) is 14.9 Å². The molecule has 28 heavy (non-hydrogen) atoms. The third-order valence-electron chi connectivity index (χ3n) is 3.82. The summed E-state index contributed by atoms with van der Waals surface area (Å²) in [6, 6.07) is 15.3. The van der Waals surface area contributed by atoms with E-state index in [0.717, 1.165) is 16.3 Å². The van der Waals surface area contributed by atoms with Gasteiger partial charge in [0.15, 0.2) is 5.16 Å². The van der Waals surface area contributed by atoms with Gasteiger partial charge in [-0.15, -0.1) is 0 Å². The van der Waals surface area contributed by atoms with Gasteiger partial charge in [-0.1, -0.05) is 12.1 Å². The minimum atomic E-state index is -0.466. The summed E-state index contributed by atoms with van der Waals surface area (Å²) in [5.74, 6) is -0.188. The van der Waals surface area contributed by atoms with E-state index in [-0.39, 0.29) is 18.0 Å². The Morgan fingerprint density at radius 2 is 1.64 bits per heavy atom. The number of nitrogens with zero attached hydrogens (tertiary/aromatic N) is 3. The Kier molecular flexibility index (Phi) is 6.00. The van der Waals surface area contributed by atoms with Crippen molar-refractivity contribution < 1.29 is 9.72 Å². The molecule has 3 aromatic rings. The summed E-state index contributed by atoms with van der Waals surface area (Å²) in [5.41, 5.74) is 3.24. The van der Waals surface area contributed by atoms with Gasteiger partial charge in [0.25, 0.3) is 5.69 Å². The maximum atomic E-state index is 12.2. The molecule has 0 saturated heterocycles. The summed E-state index contributed by atoms with van der Waals surface area (Å²) in [4.78, 5) is 32.2. The van der Waals surface area contributed by atoms with Crippen LogP contribution in [0.2, 0.25) is 0 Å². The molecule has 2 aromatic carbocycles. The predicted octanol–water partition coefficient (Wildman–Crippen LogP) is 4.33. The number of nitro groups is 1. The highest BCUT2D eigenvalue weighted by atomic mass is 32.2. The molecule has 8 heteroatoms. The highest BCUT2D eigenvalue weighted by Gasteiger charge is 2.08. The van der Waals surface area contributed by atoms with Crippen molar-refractivity contribution >= 4 is 29.0 Å². The molecule has 0 aliphatic heterocycles. The first kappa shape index (κ1) is 19.5. The molecule has 0 fully saturated rings. The van der Waals surface area contributed by atoms with Gasteiger partial charge in [-0.2, -0.15) is 0 Å². The van der Waals surface area contributed by atoms with Gasteiger partial charge in [-0.05, 0) is 61.5 Å². The molecule has 1 aromatic heterocycles. The number of carbonyl (C=O) groups excluding carboxylic acids is 1. The van der Waals surface area contributed by atoms with E-state index in [1.807, 2.05) is 44.2 Å². The molecule has 0 aliphatic carbocycles. The van der Waals surface area contributed by atoms with E-state index in [1.165, 1.54) is 23.9 Å². The fourth-order valence-corrected chi connectivity index (χ4v) is 3.44. The van der Waals surface area contributed by atoms with Crippen molar-refractivity contribution in [1.82, 2.24) is 9.97 Å². The first-order valence-electron chi connectivity index (χ1n) is 8.52. The van der Waals surface area contributed by atoms with Crippen molar-refractivity contribution in [2.45, 2.75) is 30.3 Å². The number of anilines is 1. The molecule has 0 bridgehead atoms. The number of rotatable bonds is 6. The summed E-state index contributed by atoms with van der Waals surface area (Å²) >= 11 is 1.46. The Balaban J connectivity index is 1.58. The first-order chi connectivity index (χ1) is 13.4. The third kappa shape index (κ3) is 5.37. The number of hydrogen-bond acceptors (Lipinski definition) is 6. The highest BCUT2D eigenvalue weighted by molar-refractivity contribution is 7.99. The Labute approximate surface area is 166 Å². The number of non-ortho nitro benzene ring substituents is 1. The minimum Gasteiger partial charge on any atom is -0.326 e. The Morgan fingerprint density at radius 1 is 1.04 bits per heavy atom. The molecule has 142 valence electrons. The van der Waals surface area contributed by atoms with Crippen molar-refractivity contribution in [3.05, 3.63) is 81.7 Å². The van der Waals surface area contributed by atoms with Crippen molar-refractivity contribution in [1.29, 1.82) is 0 Å². The van der Waals surface area contributed by atoms with Gasteiger partial charge in [-0.3, -0.25) is 14.9 Å². The quantitative estimate of drug-likeness (QED) is 0.379. The second kappa shape index (κ2) is 8.62. The van der Waals surface area contributed by atoms with Gasteiger partial charge >= 0.3 is 0 Å².